The molecule has 0 spiro atoms. The standard InChI is InChI=1S/C52H79N9O13/c1-10-31(8)43(59-40(63)27-53)50(71)56-36(23-28(2)3)46(67)54-35(21-22-41(64)65)45(66)55-37(25-33-17-13-11-14-18-33)47(68)60-42(30(6)7)49(70)57-38(26-34-19-15-12-16-20-34)48(69)61-44(32(9)62)51(72)58-39(52(73)74)24-29(4)5/h11-20,28-32,35-39,42-44,62H,10,21-27,53H2,1-9H3,(H,54,67)(H,55,66)(H,56,71)(H,57,70)(H,58,72)(H,59,63)(H,60,68)(H,61,69)(H,64,65)(H,73,74)/t31-,32+,35-,36-,37-,38-,39-,42-,43-,44-/m0/s1. The number of carbonyl (C=O) groups is 10. The number of hydrogen-bond acceptors (Lipinski definition) is 12. The molecule has 0 aliphatic heterocycles. The van der Waals surface area contributed by atoms with E-state index < -0.39 is 132 Å². The summed E-state index contributed by atoms with van der Waals surface area (Å²) in [6.07, 6.45) is -2.19. The SMILES string of the molecule is CC[C@H](C)[C@H](NC(=O)CN)C(=O)N[C@@H](CC(C)C)C(=O)N[C@@H](CCC(=O)O)C(=O)N[C@@H](Cc1ccccc1)C(=O)N[C@H](C(=O)N[C@@H](Cc1ccccc1)C(=O)N[C@H](C(=O)N[C@@H](CC(C)C)C(=O)O)[C@@H](C)O)C(C)C. The van der Waals surface area contributed by atoms with Gasteiger partial charge in [-0.15, -0.1) is 0 Å². The van der Waals surface area contributed by atoms with Gasteiger partial charge in [-0.1, -0.05) is 122 Å². The van der Waals surface area contributed by atoms with Gasteiger partial charge in [-0.25, -0.2) is 4.79 Å². The van der Waals surface area contributed by atoms with Crippen LogP contribution in [0.25, 0.3) is 0 Å². The highest BCUT2D eigenvalue weighted by Crippen LogP contribution is 2.14. The van der Waals surface area contributed by atoms with Crippen LogP contribution in [0.2, 0.25) is 0 Å². The Balaban J connectivity index is 2.51. The molecule has 13 N–H and O–H groups in total. The Hall–Kier alpha value is -6.94. The topological polar surface area (TPSA) is 354 Å². The molecule has 0 aromatic heterocycles. The fourth-order valence-corrected chi connectivity index (χ4v) is 7.76. The molecule has 0 bridgehead atoms. The van der Waals surface area contributed by atoms with E-state index in [0.717, 1.165) is 0 Å². The molecule has 0 saturated heterocycles. The Labute approximate surface area is 433 Å². The summed E-state index contributed by atoms with van der Waals surface area (Å²) >= 11 is 0. The molecule has 2 aromatic carbocycles. The number of aliphatic hydroxyl groups excluding tert-OH is 1. The lowest BCUT2D eigenvalue weighted by Gasteiger charge is -2.30. The van der Waals surface area contributed by atoms with E-state index in [9.17, 15) is 63.3 Å². The smallest absolute Gasteiger partial charge is 0.326 e. The number of aliphatic hydroxyl groups is 1. The van der Waals surface area contributed by atoms with Gasteiger partial charge in [-0.05, 0) is 61.0 Å². The van der Waals surface area contributed by atoms with Crippen LogP contribution in [0.3, 0.4) is 0 Å². The summed E-state index contributed by atoms with van der Waals surface area (Å²) in [5.74, 6) is -10.6. The fourth-order valence-electron chi connectivity index (χ4n) is 7.76. The first kappa shape index (κ1) is 63.2. The Morgan fingerprint density at radius 3 is 1.31 bits per heavy atom. The van der Waals surface area contributed by atoms with Gasteiger partial charge in [-0.2, -0.15) is 0 Å². The number of nitrogens with one attached hydrogen (secondary N) is 8. The minimum absolute atomic E-state index is 0.0629. The highest BCUT2D eigenvalue weighted by molar-refractivity contribution is 5.98. The van der Waals surface area contributed by atoms with Gasteiger partial charge in [0.15, 0.2) is 0 Å². The molecule has 0 unspecified atom stereocenters. The second kappa shape index (κ2) is 31.6. The van der Waals surface area contributed by atoms with Crippen molar-refractivity contribution in [2.75, 3.05) is 6.54 Å². The fraction of sp³-hybridized carbons (Fsp3) is 0.577. The van der Waals surface area contributed by atoms with Crippen LogP contribution in [0.15, 0.2) is 60.7 Å². The minimum atomic E-state index is -1.64. The van der Waals surface area contributed by atoms with E-state index >= 15 is 0 Å². The summed E-state index contributed by atoms with van der Waals surface area (Å²) in [4.78, 5) is 134. The second-order valence-electron chi connectivity index (χ2n) is 19.8. The lowest BCUT2D eigenvalue weighted by molar-refractivity contribution is -0.143. The van der Waals surface area contributed by atoms with Crippen LogP contribution in [0, 0.1) is 23.7 Å². The molecule has 2 aromatic rings. The molecule has 10 atom stereocenters. The first-order valence-corrected chi connectivity index (χ1v) is 25.1. The van der Waals surface area contributed by atoms with Crippen molar-refractivity contribution in [1.29, 1.82) is 0 Å². The molecule has 0 aliphatic rings. The van der Waals surface area contributed by atoms with E-state index in [1.807, 2.05) is 6.92 Å². The van der Waals surface area contributed by atoms with E-state index in [0.29, 0.717) is 17.5 Å². The van der Waals surface area contributed by atoms with Gasteiger partial charge in [0.25, 0.3) is 0 Å². The van der Waals surface area contributed by atoms with Crippen molar-refractivity contribution in [2.24, 2.45) is 29.4 Å². The third-order valence-electron chi connectivity index (χ3n) is 12.1. The summed E-state index contributed by atoms with van der Waals surface area (Å²) in [6, 6.07) is 5.94. The average Bonchev–Trinajstić information content (AvgIpc) is 3.33. The van der Waals surface area contributed by atoms with Crippen LogP contribution >= 0.6 is 0 Å². The Kier molecular flexibility index (Phi) is 27.0. The number of amides is 8. The Morgan fingerprint density at radius 1 is 0.486 bits per heavy atom. The van der Waals surface area contributed by atoms with E-state index in [1.165, 1.54) is 6.92 Å². The average molecular weight is 1040 g/mol. The highest BCUT2D eigenvalue weighted by atomic mass is 16.4. The maximum absolute atomic E-state index is 14.4. The molecule has 22 nitrogen and oxygen atoms in total. The first-order valence-electron chi connectivity index (χ1n) is 25.1. The number of benzene rings is 2. The third kappa shape index (κ3) is 22.0. The van der Waals surface area contributed by atoms with Crippen LogP contribution in [0.5, 0.6) is 0 Å². The molecule has 74 heavy (non-hydrogen) atoms. The van der Waals surface area contributed by atoms with Gasteiger partial charge < -0.3 is 63.6 Å². The van der Waals surface area contributed by atoms with Gasteiger partial charge in [0.05, 0.1) is 12.6 Å². The predicted octanol–water partition coefficient (Wildman–Crippen LogP) is 0.433. The molecule has 2 rings (SSSR count). The Bertz CT molecular complexity index is 2190. The van der Waals surface area contributed by atoms with Crippen molar-refractivity contribution in [3.8, 4) is 0 Å². The zero-order valence-electron chi connectivity index (χ0n) is 43.9. The van der Waals surface area contributed by atoms with E-state index in [-0.39, 0.29) is 50.0 Å². The van der Waals surface area contributed by atoms with Gasteiger partial charge in [0, 0.05) is 19.3 Å². The molecular formula is C52H79N9O13. The lowest BCUT2D eigenvalue weighted by Crippen LogP contribution is -2.62. The minimum Gasteiger partial charge on any atom is -0.481 e. The molecule has 8 amide bonds. The lowest BCUT2D eigenvalue weighted by atomic mass is 9.96. The molecule has 0 radical (unpaired) electrons. The van der Waals surface area contributed by atoms with Crippen LogP contribution in [-0.4, -0.2) is 135 Å². The van der Waals surface area contributed by atoms with Crippen molar-refractivity contribution in [3.63, 3.8) is 0 Å². The maximum Gasteiger partial charge on any atom is 0.326 e. The van der Waals surface area contributed by atoms with Crippen LogP contribution < -0.4 is 48.3 Å². The van der Waals surface area contributed by atoms with Crippen molar-refractivity contribution >= 4 is 59.2 Å². The van der Waals surface area contributed by atoms with Gasteiger partial charge >= 0.3 is 11.9 Å². The van der Waals surface area contributed by atoms with Gasteiger partial charge in [-0.3, -0.25) is 43.2 Å². The second-order valence-corrected chi connectivity index (χ2v) is 19.8. The van der Waals surface area contributed by atoms with Crippen molar-refractivity contribution in [3.05, 3.63) is 71.8 Å². The van der Waals surface area contributed by atoms with E-state index in [2.05, 4.69) is 42.5 Å². The van der Waals surface area contributed by atoms with E-state index in [4.69, 9.17) is 5.73 Å². The zero-order chi connectivity index (χ0) is 55.8. The number of carboxylic acid groups (broad SMARTS) is 2. The van der Waals surface area contributed by atoms with Gasteiger partial charge in [0.2, 0.25) is 47.3 Å². The third-order valence-corrected chi connectivity index (χ3v) is 12.1. The first-order chi connectivity index (χ1) is 34.8. The summed E-state index contributed by atoms with van der Waals surface area (Å²) < 4.78 is 0. The molecular weight excluding hydrogens is 959 g/mol. The monoisotopic (exact) mass is 1040 g/mol. The number of nitrogens with two attached hydrogens (primary N) is 1. The molecule has 0 aliphatic carbocycles. The number of carboxylic acids is 2. The van der Waals surface area contributed by atoms with Crippen LogP contribution in [-0.2, 0) is 60.8 Å². The highest BCUT2D eigenvalue weighted by Gasteiger charge is 2.37. The molecule has 410 valence electrons. The normalized spacial score (nSPS) is 15.3. The molecule has 0 saturated carbocycles. The number of hydrogen-bond donors (Lipinski definition) is 12. The summed E-state index contributed by atoms with van der Waals surface area (Å²) in [6.45, 7) is 14.7. The van der Waals surface area contributed by atoms with Crippen molar-refractivity contribution in [2.45, 2.75) is 162 Å². The van der Waals surface area contributed by atoms with Crippen LogP contribution in [0.4, 0.5) is 0 Å². The quantitative estimate of drug-likeness (QED) is 0.0473. The van der Waals surface area contributed by atoms with Crippen molar-refractivity contribution < 1.29 is 63.3 Å². The van der Waals surface area contributed by atoms with Crippen molar-refractivity contribution in [1.82, 2.24) is 42.5 Å². The Morgan fingerprint density at radius 2 is 0.878 bits per heavy atom. The van der Waals surface area contributed by atoms with E-state index in [1.54, 1.807) is 109 Å². The maximum atomic E-state index is 14.4. The number of rotatable bonds is 32. The number of aliphatic carboxylic acids is 2. The van der Waals surface area contributed by atoms with Crippen LogP contribution in [0.1, 0.15) is 106 Å². The summed E-state index contributed by atoms with van der Waals surface area (Å²) in [5, 5.41) is 50.6. The molecule has 0 heterocycles. The van der Waals surface area contributed by atoms with Gasteiger partial charge in [0.1, 0.15) is 48.3 Å². The molecule has 0 fully saturated rings. The number of carbonyl (C=O) groups excluding carboxylic acids is 8. The zero-order valence-corrected chi connectivity index (χ0v) is 43.9. The summed E-state index contributed by atoms with van der Waals surface area (Å²) in [7, 11) is 0. The predicted molar refractivity (Wildman–Crippen MR) is 274 cm³/mol. The largest absolute Gasteiger partial charge is 0.481 e. The molecule has 22 heteroatoms. The summed E-state index contributed by atoms with van der Waals surface area (Å²) in [5.41, 5.74) is 6.64.